The summed E-state index contributed by atoms with van der Waals surface area (Å²) in [7, 11) is 0. The van der Waals surface area contributed by atoms with Crippen molar-refractivity contribution in [1.29, 1.82) is 0 Å². The van der Waals surface area contributed by atoms with Crippen LogP contribution in [-0.4, -0.2) is 17.0 Å². The second-order valence-corrected chi connectivity index (χ2v) is 3.47. The van der Waals surface area contributed by atoms with E-state index < -0.39 is 11.9 Å². The lowest BCUT2D eigenvalue weighted by atomic mass is 10.3. The van der Waals surface area contributed by atoms with Crippen molar-refractivity contribution in [3.05, 3.63) is 28.3 Å². The molecule has 1 heterocycles. The number of furan rings is 1. The van der Waals surface area contributed by atoms with Gasteiger partial charge in [0.25, 0.3) is 0 Å². The molecule has 80 valence electrons. The summed E-state index contributed by atoms with van der Waals surface area (Å²) in [5.74, 6) is -1.33. The fourth-order valence-corrected chi connectivity index (χ4v) is 1.21. The number of carbonyl (C=O) groups is 2. The van der Waals surface area contributed by atoms with Crippen molar-refractivity contribution in [3.63, 3.8) is 0 Å². The molecule has 0 spiro atoms. The second kappa shape index (κ2) is 4.79. The summed E-state index contributed by atoms with van der Waals surface area (Å²) in [6.07, 6.45) is 1.23. The van der Waals surface area contributed by atoms with Crippen LogP contribution in [0.25, 0.3) is 6.08 Å². The van der Waals surface area contributed by atoms with E-state index in [1.54, 1.807) is 12.1 Å². The third kappa shape index (κ3) is 3.59. The van der Waals surface area contributed by atoms with Crippen LogP contribution in [0.3, 0.4) is 0 Å². The van der Waals surface area contributed by atoms with Gasteiger partial charge in [0.2, 0.25) is 5.91 Å². The van der Waals surface area contributed by atoms with Crippen LogP contribution in [0.4, 0.5) is 0 Å². The molecule has 1 amide bonds. The maximum atomic E-state index is 10.7. The van der Waals surface area contributed by atoms with Gasteiger partial charge in [-0.1, -0.05) is 0 Å². The van der Waals surface area contributed by atoms with E-state index in [2.05, 4.69) is 21.2 Å². The molecule has 0 atom stereocenters. The van der Waals surface area contributed by atoms with E-state index in [1.165, 1.54) is 13.0 Å². The molecule has 0 fully saturated rings. The minimum Gasteiger partial charge on any atom is -0.477 e. The number of carboxylic acids is 1. The number of carbonyl (C=O) groups excluding carboxylic acids is 1. The fourth-order valence-electron chi connectivity index (χ4n) is 0.889. The zero-order chi connectivity index (χ0) is 11.4. The van der Waals surface area contributed by atoms with E-state index in [-0.39, 0.29) is 5.70 Å². The average Bonchev–Trinajstić information content (AvgIpc) is 2.49. The maximum absolute atomic E-state index is 10.7. The number of amides is 1. The highest BCUT2D eigenvalue weighted by Crippen LogP contribution is 2.16. The minimum absolute atomic E-state index is 0.232. The summed E-state index contributed by atoms with van der Waals surface area (Å²) in [5.41, 5.74) is -0.232. The quantitative estimate of drug-likeness (QED) is 0.820. The molecular weight excluding hydrogens is 266 g/mol. The molecule has 0 radical (unpaired) electrons. The fraction of sp³-hybridized carbons (Fsp3) is 0.111. The van der Waals surface area contributed by atoms with Gasteiger partial charge in [0, 0.05) is 13.0 Å². The highest BCUT2D eigenvalue weighted by atomic mass is 79.9. The highest BCUT2D eigenvalue weighted by Gasteiger charge is 2.09. The SMILES string of the molecule is CC(=O)N/C(=C\c1ccc(Br)o1)C(=O)O. The molecule has 0 aliphatic rings. The lowest BCUT2D eigenvalue weighted by molar-refractivity contribution is -0.134. The van der Waals surface area contributed by atoms with Crippen molar-refractivity contribution in [2.45, 2.75) is 6.92 Å². The van der Waals surface area contributed by atoms with Crippen LogP contribution < -0.4 is 5.32 Å². The first kappa shape index (κ1) is 11.5. The van der Waals surface area contributed by atoms with Crippen LogP contribution in [0.2, 0.25) is 0 Å². The predicted molar refractivity (Wildman–Crippen MR) is 55.8 cm³/mol. The average molecular weight is 274 g/mol. The second-order valence-electron chi connectivity index (χ2n) is 2.69. The molecule has 0 aliphatic carbocycles. The van der Waals surface area contributed by atoms with E-state index >= 15 is 0 Å². The Morgan fingerprint density at radius 3 is 2.60 bits per heavy atom. The van der Waals surface area contributed by atoms with Crippen molar-refractivity contribution in [2.24, 2.45) is 0 Å². The largest absolute Gasteiger partial charge is 0.477 e. The Morgan fingerprint density at radius 1 is 1.53 bits per heavy atom. The first-order valence-corrected chi connectivity index (χ1v) is 4.76. The van der Waals surface area contributed by atoms with Crippen LogP contribution in [0.15, 0.2) is 26.9 Å². The first-order chi connectivity index (χ1) is 6.99. The van der Waals surface area contributed by atoms with Crippen LogP contribution in [0.1, 0.15) is 12.7 Å². The molecule has 1 aromatic rings. The molecule has 0 unspecified atom stereocenters. The smallest absolute Gasteiger partial charge is 0.352 e. The van der Waals surface area contributed by atoms with Crippen LogP contribution >= 0.6 is 15.9 Å². The molecule has 0 saturated heterocycles. The van der Waals surface area contributed by atoms with Gasteiger partial charge in [-0.25, -0.2) is 4.79 Å². The van der Waals surface area contributed by atoms with Crippen LogP contribution in [-0.2, 0) is 9.59 Å². The van der Waals surface area contributed by atoms with Crippen molar-refractivity contribution < 1.29 is 19.1 Å². The van der Waals surface area contributed by atoms with Gasteiger partial charge in [0.15, 0.2) is 4.67 Å². The predicted octanol–water partition coefficient (Wildman–Crippen LogP) is 1.60. The van der Waals surface area contributed by atoms with Gasteiger partial charge in [-0.05, 0) is 28.1 Å². The summed E-state index contributed by atoms with van der Waals surface area (Å²) in [5, 5.41) is 10.9. The summed E-state index contributed by atoms with van der Waals surface area (Å²) >= 11 is 3.08. The number of aliphatic carboxylic acids is 1. The molecule has 15 heavy (non-hydrogen) atoms. The Morgan fingerprint density at radius 2 is 2.20 bits per heavy atom. The Kier molecular flexibility index (Phi) is 3.68. The molecule has 0 saturated carbocycles. The lowest BCUT2D eigenvalue weighted by Crippen LogP contribution is -2.24. The van der Waals surface area contributed by atoms with Gasteiger partial charge >= 0.3 is 5.97 Å². The molecule has 6 heteroatoms. The van der Waals surface area contributed by atoms with Crippen LogP contribution in [0, 0.1) is 0 Å². The number of carboxylic acid groups (broad SMARTS) is 1. The topological polar surface area (TPSA) is 79.5 Å². The Bertz CT molecular complexity index is 422. The third-order valence-corrected chi connectivity index (χ3v) is 1.85. The van der Waals surface area contributed by atoms with E-state index in [9.17, 15) is 9.59 Å². The number of hydrogen-bond donors (Lipinski definition) is 2. The van der Waals surface area contributed by atoms with Crippen molar-refractivity contribution in [3.8, 4) is 0 Å². The normalized spacial score (nSPS) is 11.2. The van der Waals surface area contributed by atoms with Crippen LogP contribution in [0.5, 0.6) is 0 Å². The molecule has 5 nitrogen and oxygen atoms in total. The summed E-state index contributed by atoms with van der Waals surface area (Å²) in [4.78, 5) is 21.4. The molecule has 1 rings (SSSR count). The molecule has 0 bridgehead atoms. The van der Waals surface area contributed by atoms with Crippen molar-refractivity contribution in [1.82, 2.24) is 5.32 Å². The lowest BCUT2D eigenvalue weighted by Gasteiger charge is -2.00. The van der Waals surface area contributed by atoms with Gasteiger partial charge < -0.3 is 14.8 Å². The number of hydrogen-bond acceptors (Lipinski definition) is 3. The Labute approximate surface area is 93.9 Å². The molecule has 2 N–H and O–H groups in total. The zero-order valence-corrected chi connectivity index (χ0v) is 9.37. The van der Waals surface area contributed by atoms with E-state index in [1.807, 2.05) is 0 Å². The van der Waals surface area contributed by atoms with Gasteiger partial charge in [0.05, 0.1) is 0 Å². The molecule has 0 aromatic carbocycles. The minimum atomic E-state index is -1.22. The first-order valence-electron chi connectivity index (χ1n) is 3.97. The van der Waals surface area contributed by atoms with Gasteiger partial charge in [-0.2, -0.15) is 0 Å². The number of halogens is 1. The Balaban J connectivity index is 2.93. The molecular formula is C9H8BrNO4. The standard InChI is InChI=1S/C9H8BrNO4/c1-5(12)11-7(9(13)14)4-6-2-3-8(10)15-6/h2-4H,1H3,(H,11,12)(H,13,14)/b7-4-. The van der Waals surface area contributed by atoms with Crippen molar-refractivity contribution in [2.75, 3.05) is 0 Å². The monoisotopic (exact) mass is 273 g/mol. The van der Waals surface area contributed by atoms with E-state index in [0.29, 0.717) is 10.4 Å². The van der Waals surface area contributed by atoms with Gasteiger partial charge in [-0.3, -0.25) is 4.79 Å². The third-order valence-electron chi connectivity index (χ3n) is 1.42. The number of rotatable bonds is 3. The zero-order valence-electron chi connectivity index (χ0n) is 7.78. The summed E-state index contributed by atoms with van der Waals surface area (Å²) in [6, 6.07) is 3.20. The number of nitrogens with one attached hydrogen (secondary N) is 1. The maximum Gasteiger partial charge on any atom is 0.352 e. The van der Waals surface area contributed by atoms with Crippen molar-refractivity contribution >= 4 is 33.9 Å². The summed E-state index contributed by atoms with van der Waals surface area (Å²) < 4.78 is 5.56. The molecule has 1 aromatic heterocycles. The summed E-state index contributed by atoms with van der Waals surface area (Å²) in [6.45, 7) is 1.23. The van der Waals surface area contributed by atoms with Gasteiger partial charge in [0.1, 0.15) is 11.5 Å². The molecule has 0 aliphatic heterocycles. The van der Waals surface area contributed by atoms with E-state index in [0.717, 1.165) is 0 Å². The van der Waals surface area contributed by atoms with Gasteiger partial charge in [-0.15, -0.1) is 0 Å². The highest BCUT2D eigenvalue weighted by molar-refractivity contribution is 9.10. The van der Waals surface area contributed by atoms with E-state index in [4.69, 9.17) is 9.52 Å². The Hall–Kier alpha value is -1.56.